The molecule has 1 aliphatic heterocycles. The fourth-order valence-electron chi connectivity index (χ4n) is 2.16. The van der Waals surface area contributed by atoms with Crippen LogP contribution in [-0.4, -0.2) is 47.0 Å². The predicted molar refractivity (Wildman–Crippen MR) is 75.1 cm³/mol. The van der Waals surface area contributed by atoms with Crippen LogP contribution in [-0.2, 0) is 4.79 Å². The van der Waals surface area contributed by atoms with Gasteiger partial charge in [-0.25, -0.2) is 9.97 Å². The van der Waals surface area contributed by atoms with Crippen molar-refractivity contribution >= 4 is 17.5 Å². The maximum atomic E-state index is 11.4. The maximum absolute atomic E-state index is 11.4. The Balaban J connectivity index is 1.70. The standard InChI is InChI=1S/C13H21N5O/c1-2-14-11-9-12(17-10-16-11)15-6-4-8-18-7-3-5-13(18)19/h9-10H,2-8H2,1H3,(H2,14,15,16,17). The molecule has 2 rings (SSSR count). The molecule has 0 saturated carbocycles. The number of rotatable bonds is 7. The highest BCUT2D eigenvalue weighted by molar-refractivity contribution is 5.77. The Hall–Kier alpha value is -1.85. The van der Waals surface area contributed by atoms with Gasteiger partial charge in [-0.3, -0.25) is 4.79 Å². The molecule has 0 bridgehead atoms. The van der Waals surface area contributed by atoms with Crippen molar-refractivity contribution < 1.29 is 4.79 Å². The van der Waals surface area contributed by atoms with Gasteiger partial charge in [-0.05, 0) is 19.8 Å². The minimum atomic E-state index is 0.288. The largest absolute Gasteiger partial charge is 0.370 e. The lowest BCUT2D eigenvalue weighted by Crippen LogP contribution is -2.27. The normalized spacial score (nSPS) is 14.8. The van der Waals surface area contributed by atoms with E-state index in [4.69, 9.17) is 0 Å². The van der Waals surface area contributed by atoms with Crippen molar-refractivity contribution in [2.45, 2.75) is 26.2 Å². The SMILES string of the molecule is CCNc1cc(NCCCN2CCCC2=O)ncn1. The smallest absolute Gasteiger partial charge is 0.222 e. The third-order valence-corrected chi connectivity index (χ3v) is 3.11. The second-order valence-electron chi connectivity index (χ2n) is 4.58. The third-order valence-electron chi connectivity index (χ3n) is 3.11. The van der Waals surface area contributed by atoms with Crippen LogP contribution in [0.2, 0.25) is 0 Å². The molecule has 6 nitrogen and oxygen atoms in total. The molecule has 1 aromatic heterocycles. The fourth-order valence-corrected chi connectivity index (χ4v) is 2.16. The molecule has 0 aromatic carbocycles. The van der Waals surface area contributed by atoms with E-state index in [2.05, 4.69) is 20.6 Å². The van der Waals surface area contributed by atoms with E-state index in [-0.39, 0.29) is 5.91 Å². The summed E-state index contributed by atoms with van der Waals surface area (Å²) in [5.41, 5.74) is 0. The number of amides is 1. The molecule has 0 radical (unpaired) electrons. The van der Waals surface area contributed by atoms with E-state index in [1.807, 2.05) is 17.9 Å². The second-order valence-corrected chi connectivity index (χ2v) is 4.58. The highest BCUT2D eigenvalue weighted by Crippen LogP contribution is 2.11. The molecule has 6 heteroatoms. The zero-order valence-corrected chi connectivity index (χ0v) is 11.4. The van der Waals surface area contributed by atoms with Crippen molar-refractivity contribution in [2.75, 3.05) is 36.8 Å². The number of anilines is 2. The Morgan fingerprint density at radius 3 is 2.79 bits per heavy atom. The number of likely N-dealkylation sites (tertiary alicyclic amines) is 1. The summed E-state index contributed by atoms with van der Waals surface area (Å²) in [7, 11) is 0. The van der Waals surface area contributed by atoms with Gasteiger partial charge in [0.25, 0.3) is 0 Å². The molecule has 0 aliphatic carbocycles. The Bertz CT molecular complexity index is 423. The van der Waals surface area contributed by atoms with E-state index >= 15 is 0 Å². The molecular formula is C13H21N5O. The van der Waals surface area contributed by atoms with Crippen LogP contribution in [0.5, 0.6) is 0 Å². The Kier molecular flexibility index (Phi) is 4.94. The summed E-state index contributed by atoms with van der Waals surface area (Å²) >= 11 is 0. The molecule has 104 valence electrons. The first-order chi connectivity index (χ1) is 9.29. The average molecular weight is 263 g/mol. The van der Waals surface area contributed by atoms with E-state index in [0.717, 1.165) is 50.7 Å². The van der Waals surface area contributed by atoms with E-state index in [1.165, 1.54) is 0 Å². The van der Waals surface area contributed by atoms with Gasteiger partial charge in [0.15, 0.2) is 0 Å². The van der Waals surface area contributed by atoms with Gasteiger partial charge in [0, 0.05) is 38.7 Å². The minimum Gasteiger partial charge on any atom is -0.370 e. The first kappa shape index (κ1) is 13.6. The van der Waals surface area contributed by atoms with E-state index < -0.39 is 0 Å². The molecule has 0 atom stereocenters. The van der Waals surface area contributed by atoms with Crippen LogP contribution >= 0.6 is 0 Å². The fraction of sp³-hybridized carbons (Fsp3) is 0.615. The van der Waals surface area contributed by atoms with Gasteiger partial charge in [-0.15, -0.1) is 0 Å². The zero-order valence-electron chi connectivity index (χ0n) is 11.4. The van der Waals surface area contributed by atoms with Crippen LogP contribution in [0.15, 0.2) is 12.4 Å². The van der Waals surface area contributed by atoms with Crippen LogP contribution in [0.25, 0.3) is 0 Å². The van der Waals surface area contributed by atoms with Crippen LogP contribution < -0.4 is 10.6 Å². The molecule has 2 N–H and O–H groups in total. The number of carbonyl (C=O) groups excluding carboxylic acids is 1. The highest BCUT2D eigenvalue weighted by Gasteiger charge is 2.18. The second kappa shape index (κ2) is 6.92. The van der Waals surface area contributed by atoms with Gasteiger partial charge < -0.3 is 15.5 Å². The molecule has 19 heavy (non-hydrogen) atoms. The molecule has 1 saturated heterocycles. The average Bonchev–Trinajstić information content (AvgIpc) is 2.81. The number of nitrogens with one attached hydrogen (secondary N) is 2. The topological polar surface area (TPSA) is 70.2 Å². The van der Waals surface area contributed by atoms with E-state index in [9.17, 15) is 4.79 Å². The van der Waals surface area contributed by atoms with Crippen molar-refractivity contribution in [3.05, 3.63) is 12.4 Å². The van der Waals surface area contributed by atoms with Gasteiger partial charge >= 0.3 is 0 Å². The number of hydrogen-bond acceptors (Lipinski definition) is 5. The summed E-state index contributed by atoms with van der Waals surface area (Å²) in [4.78, 5) is 21.6. The lowest BCUT2D eigenvalue weighted by Gasteiger charge is -2.15. The van der Waals surface area contributed by atoms with Crippen LogP contribution in [0.1, 0.15) is 26.2 Å². The Labute approximate surface area is 113 Å². The Morgan fingerprint density at radius 1 is 1.32 bits per heavy atom. The third kappa shape index (κ3) is 4.08. The first-order valence-electron chi connectivity index (χ1n) is 6.87. The van der Waals surface area contributed by atoms with Crippen LogP contribution in [0.3, 0.4) is 0 Å². The molecule has 1 amide bonds. The van der Waals surface area contributed by atoms with Crippen LogP contribution in [0, 0.1) is 0 Å². The van der Waals surface area contributed by atoms with Gasteiger partial charge in [-0.1, -0.05) is 0 Å². The van der Waals surface area contributed by atoms with Crippen molar-refractivity contribution in [1.82, 2.24) is 14.9 Å². The summed E-state index contributed by atoms with van der Waals surface area (Å²) in [5.74, 6) is 1.94. The monoisotopic (exact) mass is 263 g/mol. The summed E-state index contributed by atoms with van der Waals surface area (Å²) in [6.07, 6.45) is 4.20. The first-order valence-corrected chi connectivity index (χ1v) is 6.87. The van der Waals surface area contributed by atoms with E-state index in [0.29, 0.717) is 6.42 Å². The maximum Gasteiger partial charge on any atom is 0.222 e. The van der Waals surface area contributed by atoms with Gasteiger partial charge in [-0.2, -0.15) is 0 Å². The zero-order chi connectivity index (χ0) is 13.5. The quantitative estimate of drug-likeness (QED) is 0.726. The van der Waals surface area contributed by atoms with Crippen molar-refractivity contribution in [2.24, 2.45) is 0 Å². The molecule has 1 fully saturated rings. The predicted octanol–water partition coefficient (Wildman–Crippen LogP) is 1.33. The Morgan fingerprint density at radius 2 is 2.11 bits per heavy atom. The van der Waals surface area contributed by atoms with Crippen molar-refractivity contribution in [3.8, 4) is 0 Å². The molecular weight excluding hydrogens is 242 g/mol. The number of carbonyl (C=O) groups is 1. The highest BCUT2D eigenvalue weighted by atomic mass is 16.2. The van der Waals surface area contributed by atoms with Crippen LogP contribution in [0.4, 0.5) is 11.6 Å². The summed E-state index contributed by atoms with van der Waals surface area (Å²) in [6, 6.07) is 1.89. The van der Waals surface area contributed by atoms with Crippen molar-refractivity contribution in [3.63, 3.8) is 0 Å². The lowest BCUT2D eigenvalue weighted by atomic mass is 10.4. The molecule has 2 heterocycles. The number of hydrogen-bond donors (Lipinski definition) is 2. The summed E-state index contributed by atoms with van der Waals surface area (Å²) < 4.78 is 0. The van der Waals surface area contributed by atoms with Gasteiger partial charge in [0.1, 0.15) is 18.0 Å². The molecule has 1 aromatic rings. The molecule has 1 aliphatic rings. The lowest BCUT2D eigenvalue weighted by molar-refractivity contribution is -0.127. The molecule has 0 spiro atoms. The molecule has 0 unspecified atom stereocenters. The summed E-state index contributed by atoms with van der Waals surface area (Å²) in [6.45, 7) is 5.43. The number of aromatic nitrogens is 2. The number of nitrogens with zero attached hydrogens (tertiary/aromatic N) is 3. The van der Waals surface area contributed by atoms with E-state index in [1.54, 1.807) is 6.33 Å². The van der Waals surface area contributed by atoms with Crippen molar-refractivity contribution in [1.29, 1.82) is 0 Å². The van der Waals surface area contributed by atoms with Gasteiger partial charge in [0.05, 0.1) is 0 Å². The minimum absolute atomic E-state index is 0.288. The summed E-state index contributed by atoms with van der Waals surface area (Å²) in [5, 5.41) is 6.40. The van der Waals surface area contributed by atoms with Gasteiger partial charge in [0.2, 0.25) is 5.91 Å².